The second-order valence-corrected chi connectivity index (χ2v) is 59.8. The smallest absolute Gasteiger partial charge is 0.310 e. The summed E-state index contributed by atoms with van der Waals surface area (Å²) < 4.78 is 0. The lowest BCUT2D eigenvalue weighted by molar-refractivity contribution is -0.307. The Balaban J connectivity index is 0.000000361. The van der Waals surface area contributed by atoms with Gasteiger partial charge in [0.05, 0.1) is 41.3 Å². The Morgan fingerprint density at radius 1 is 0.227 bits per heavy atom. The van der Waals surface area contributed by atoms with Gasteiger partial charge in [-0.1, -0.05) is 155 Å². The number of unbranched alkanes of at least 4 members (excludes halogenated alkanes) is 22. The largest absolute Gasteiger partial charge is 0.481 e. The van der Waals surface area contributed by atoms with Crippen molar-refractivity contribution in [3.8, 4) is 0 Å². The average molecular weight is 2120 g/mol. The molecule has 0 radical (unpaired) electrons. The van der Waals surface area contributed by atoms with Crippen molar-refractivity contribution in [1.29, 1.82) is 0 Å². The van der Waals surface area contributed by atoms with Crippen molar-refractivity contribution in [3.63, 3.8) is 0 Å². The number of hydrogen-bond acceptors (Lipinski definition) is 18. The fourth-order valence-corrected chi connectivity index (χ4v) is 32.8. The van der Waals surface area contributed by atoms with Crippen LogP contribution in [0.1, 0.15) is 556 Å². The third-order valence-electron chi connectivity index (χ3n) is 37.8. The summed E-state index contributed by atoms with van der Waals surface area (Å²) in [5.74, 6) is -6.04. The highest BCUT2D eigenvalue weighted by Crippen LogP contribution is 2.64. The van der Waals surface area contributed by atoms with E-state index in [9.17, 15) is 63.9 Å². The van der Waals surface area contributed by atoms with Crippen molar-refractivity contribution < 1.29 is 88.9 Å². The van der Waals surface area contributed by atoms with E-state index in [4.69, 9.17) is 25.0 Å². The highest BCUT2D eigenvalue weighted by molar-refractivity contribution is 5.83. The minimum Gasteiger partial charge on any atom is -0.481 e. The predicted molar refractivity (Wildman–Crippen MR) is 610 cm³/mol. The number of hydrogen-bond donors (Lipinski definition) is 12. The van der Waals surface area contributed by atoms with E-state index in [1.54, 1.807) is 0 Å². The van der Waals surface area contributed by atoms with Gasteiger partial charge in [0.2, 0.25) is 0 Å². The van der Waals surface area contributed by atoms with E-state index in [1.165, 1.54) is 64.2 Å². The topological polar surface area (TPSA) is 378 Å². The molecule has 8 saturated heterocycles. The molecule has 0 aromatic carbocycles. The third kappa shape index (κ3) is 38.3. The lowest BCUT2D eigenvalue weighted by Crippen LogP contribution is -2.67. The van der Waals surface area contributed by atoms with E-state index < -0.39 is 69.4 Å². The molecule has 0 bridgehead atoms. The third-order valence-corrected chi connectivity index (χ3v) is 37.8. The normalized spacial score (nSPS) is 24.0. The summed E-state index contributed by atoms with van der Waals surface area (Å²) in [6.07, 6.45) is 42.8. The molecular weight excluding hydrogens is 1890 g/mol. The predicted octanol–water partition coefficient (Wildman–Crippen LogP) is 28.3. The minimum absolute atomic E-state index is 0.0110. The lowest BCUT2D eigenvalue weighted by atomic mass is 9.52. The first-order valence-corrected chi connectivity index (χ1v) is 59.8. The molecule has 0 aromatic rings. The molecular formula is C124H232N8O18. The number of likely N-dealkylation sites (tertiary alicyclic amines) is 2. The van der Waals surface area contributed by atoms with Crippen LogP contribution in [0.3, 0.4) is 0 Å². The SMILES string of the molecule is CC1(C)CC(C(CC(=O)O)(C(=O)O)C2CC(C)(C)NC(C)(C)C2)CC(C)(C)N1.CC1(C)CC(C(CCCCCCCC(=O)O)(C(=O)O)C2CC(C)(C)NC(C)(C)C2)CC(C)(C)N1.CCCCCCCCON1C(C)(C)CC(C(CCCCCCCC(=O)O)(C(=O)O)C2CC(C)(C)N(OCCCCCCCC)C(C)(C)C2)CC1(C)C.CN1C(C)(C)CC(C(CCCCCCCC(=O)O)(C(=O)O)C2CC(C)(C)N(C)C(C)(C)C2)CC1(C)C. The number of aliphatic carboxylic acids is 8. The summed E-state index contributed by atoms with van der Waals surface area (Å²) in [6.45, 7) is 76.6. The number of carboxylic acid groups (broad SMARTS) is 8. The van der Waals surface area contributed by atoms with Crippen LogP contribution in [-0.2, 0) is 48.0 Å². The van der Waals surface area contributed by atoms with E-state index in [0.29, 0.717) is 77.4 Å². The van der Waals surface area contributed by atoms with E-state index in [0.717, 1.165) is 167 Å². The molecule has 876 valence electrons. The molecule has 0 aliphatic carbocycles. The van der Waals surface area contributed by atoms with Crippen molar-refractivity contribution >= 4 is 47.8 Å². The van der Waals surface area contributed by atoms with Gasteiger partial charge in [0, 0.05) is 108 Å². The summed E-state index contributed by atoms with van der Waals surface area (Å²) in [4.78, 5) is 117. The van der Waals surface area contributed by atoms with Crippen molar-refractivity contribution in [2.24, 2.45) is 69.0 Å². The second-order valence-electron chi connectivity index (χ2n) is 59.8. The van der Waals surface area contributed by atoms with Crippen LogP contribution in [0.25, 0.3) is 0 Å². The summed E-state index contributed by atoms with van der Waals surface area (Å²) in [7, 11) is 4.38. The second kappa shape index (κ2) is 54.5. The molecule has 8 fully saturated rings. The van der Waals surface area contributed by atoms with Crippen LogP contribution >= 0.6 is 0 Å². The van der Waals surface area contributed by atoms with Gasteiger partial charge in [-0.2, -0.15) is 10.1 Å². The van der Waals surface area contributed by atoms with Gasteiger partial charge in [-0.05, 0) is 437 Å². The molecule has 26 heteroatoms. The quantitative estimate of drug-likeness (QED) is 0.0252. The molecule has 0 spiro atoms. The molecule has 0 saturated carbocycles. The van der Waals surface area contributed by atoms with Crippen LogP contribution in [-0.4, -0.2) is 224 Å². The van der Waals surface area contributed by atoms with Crippen molar-refractivity contribution in [2.45, 2.75) is 645 Å². The van der Waals surface area contributed by atoms with Gasteiger partial charge in [-0.25, -0.2) is 0 Å². The van der Waals surface area contributed by atoms with Crippen LogP contribution < -0.4 is 21.3 Å². The van der Waals surface area contributed by atoms with Crippen molar-refractivity contribution in [2.75, 3.05) is 27.3 Å². The summed E-state index contributed by atoms with van der Waals surface area (Å²) >= 11 is 0. The van der Waals surface area contributed by atoms with E-state index in [-0.39, 0.29) is 162 Å². The molecule has 0 unspecified atom stereocenters. The number of hydroxylamine groups is 4. The molecule has 0 atom stereocenters. The standard InChI is InChI=1S/C44H84N2O6.C30H56N2O4.C28H52N2O4.C22H40N2O4/c1-11-13-15-17-22-26-30-51-45-40(3,4)32-36(33-41(45,5)6)44(39(49)50,29-25-21-19-20-24-28-38(47)48)37-34-42(7,8)46(43(9,10)35-37)52-31-27-23-18-16-14-12-2;1-26(2)18-22(19-27(3,4)31(26)9)30(25(35)36,17-15-13-11-12-14-16-24(33)34)23-20-28(5,6)32(10)29(7,8)21-23;1-24(2)16-20(17-25(3,4)29-24)28(23(33)34,15-13-11-9-10-12-14-22(31)32)21-18-26(5,6)30-27(7,8)19-21;1-18(2)9-14(10-19(3,4)23-18)22(17(27)28,13-16(25)26)15-11-20(5,6)24-21(7,8)12-15/h36-37H,11-35H2,1-10H3,(H,47,48)(H,49,50);22-23H,11-21H2,1-10H3,(H,33,34)(H,35,36);20-21,29-30H,9-19H2,1-8H3,(H,31,32)(H,33,34);14-15,23-24H,9-13H2,1-8H3,(H,25,26)(H,27,28). The van der Waals surface area contributed by atoms with E-state index >= 15 is 0 Å². The Labute approximate surface area is 914 Å². The maximum Gasteiger partial charge on any atom is 0.310 e. The minimum atomic E-state index is -1.28. The first-order chi connectivity index (χ1) is 68.5. The number of carbonyl (C=O) groups is 8. The van der Waals surface area contributed by atoms with E-state index in [1.807, 2.05) is 0 Å². The number of piperidine rings is 8. The van der Waals surface area contributed by atoms with Gasteiger partial charge in [-0.3, -0.25) is 57.8 Å². The summed E-state index contributed by atoms with van der Waals surface area (Å²) in [5.41, 5.74) is -6.66. The van der Waals surface area contributed by atoms with Crippen LogP contribution in [0, 0.1) is 69.0 Å². The number of nitrogens with one attached hydrogen (secondary N) is 4. The Hall–Kier alpha value is -4.64. The Morgan fingerprint density at radius 2 is 0.393 bits per heavy atom. The molecule has 26 nitrogen and oxygen atoms in total. The average Bonchev–Trinajstić information content (AvgIpc) is 0.733. The molecule has 0 amide bonds. The van der Waals surface area contributed by atoms with Gasteiger partial charge < -0.3 is 62.1 Å². The van der Waals surface area contributed by atoms with Crippen molar-refractivity contribution in [3.05, 3.63) is 0 Å². The molecule has 8 aliphatic rings. The number of nitrogens with zero attached hydrogens (tertiary/aromatic N) is 4. The Morgan fingerprint density at radius 3 is 0.580 bits per heavy atom. The maximum absolute atomic E-state index is 14.2. The van der Waals surface area contributed by atoms with Crippen LogP contribution in [0.2, 0.25) is 0 Å². The van der Waals surface area contributed by atoms with E-state index in [2.05, 4.69) is 291 Å². The first-order valence-electron chi connectivity index (χ1n) is 59.8. The fraction of sp³-hybridized carbons (Fsp3) is 0.935. The molecule has 8 heterocycles. The monoisotopic (exact) mass is 2120 g/mol. The van der Waals surface area contributed by atoms with Crippen LogP contribution in [0.15, 0.2) is 0 Å². The Bertz CT molecular complexity index is 3920. The van der Waals surface area contributed by atoms with Crippen LogP contribution in [0.4, 0.5) is 0 Å². The molecule has 12 N–H and O–H groups in total. The maximum atomic E-state index is 14.2. The summed E-state index contributed by atoms with van der Waals surface area (Å²) in [5, 5.41) is 100. The molecule has 150 heavy (non-hydrogen) atoms. The Kier molecular flexibility index (Phi) is 49.3. The van der Waals surface area contributed by atoms with Gasteiger partial charge in [0.15, 0.2) is 0 Å². The van der Waals surface area contributed by atoms with Crippen LogP contribution in [0.5, 0.6) is 0 Å². The van der Waals surface area contributed by atoms with Crippen molar-refractivity contribution in [1.82, 2.24) is 41.2 Å². The lowest BCUT2D eigenvalue weighted by Gasteiger charge is -2.61. The van der Waals surface area contributed by atoms with Gasteiger partial charge in [0.1, 0.15) is 0 Å². The highest BCUT2D eigenvalue weighted by Gasteiger charge is 2.67. The highest BCUT2D eigenvalue weighted by atomic mass is 16.7. The zero-order valence-corrected chi connectivity index (χ0v) is 103. The fourth-order valence-electron chi connectivity index (χ4n) is 32.8. The van der Waals surface area contributed by atoms with Gasteiger partial charge in [-0.15, -0.1) is 0 Å². The molecule has 0 aromatic heterocycles. The number of rotatable bonds is 54. The summed E-state index contributed by atoms with van der Waals surface area (Å²) in [6, 6.07) is 0. The molecule has 8 rings (SSSR count). The zero-order chi connectivity index (χ0) is 115. The number of carboxylic acids is 8. The first kappa shape index (κ1) is 136. The molecule has 8 aliphatic heterocycles. The van der Waals surface area contributed by atoms with Gasteiger partial charge in [0.25, 0.3) is 0 Å². The zero-order valence-electron chi connectivity index (χ0n) is 103. The van der Waals surface area contributed by atoms with Gasteiger partial charge >= 0.3 is 47.8 Å².